The molecule has 0 unspecified atom stereocenters. The molecular weight excluding hydrogens is 259 g/mol. The van der Waals surface area contributed by atoms with E-state index in [1.807, 2.05) is 0 Å². The monoisotopic (exact) mass is 269 g/mol. The zero-order chi connectivity index (χ0) is 13.9. The van der Waals surface area contributed by atoms with E-state index in [4.69, 9.17) is 9.84 Å². The summed E-state index contributed by atoms with van der Waals surface area (Å²) in [5.74, 6) is 0.218. The molecule has 1 heterocycles. The largest absolute Gasteiger partial charge is 0.439 e. The highest BCUT2D eigenvalue weighted by Crippen LogP contribution is 2.29. The molecular formula is C13H10F3NO2. The minimum Gasteiger partial charge on any atom is -0.439 e. The van der Waals surface area contributed by atoms with Gasteiger partial charge in [0.2, 0.25) is 5.88 Å². The van der Waals surface area contributed by atoms with Crippen molar-refractivity contribution in [1.82, 2.24) is 4.98 Å². The molecule has 0 fully saturated rings. The highest BCUT2D eigenvalue weighted by molar-refractivity contribution is 5.30. The van der Waals surface area contributed by atoms with E-state index in [1.54, 1.807) is 24.3 Å². The maximum absolute atomic E-state index is 12.5. The number of halogens is 3. The molecule has 19 heavy (non-hydrogen) atoms. The predicted molar refractivity (Wildman–Crippen MR) is 61.7 cm³/mol. The van der Waals surface area contributed by atoms with E-state index in [9.17, 15) is 13.2 Å². The second-order valence-corrected chi connectivity index (χ2v) is 3.76. The number of hydrogen-bond donors (Lipinski definition) is 1. The molecule has 1 aromatic heterocycles. The van der Waals surface area contributed by atoms with E-state index < -0.39 is 11.9 Å². The molecule has 1 N–H and O–H groups in total. The summed E-state index contributed by atoms with van der Waals surface area (Å²) in [6.45, 7) is -0.109. The lowest BCUT2D eigenvalue weighted by molar-refractivity contribution is -0.141. The zero-order valence-electron chi connectivity index (χ0n) is 9.69. The van der Waals surface area contributed by atoms with Gasteiger partial charge in [-0.15, -0.1) is 0 Å². The number of aromatic nitrogens is 1. The Balaban J connectivity index is 2.18. The SMILES string of the molecule is OCc1ccc(Oc2cccc(C(F)(F)F)n2)cc1. The Morgan fingerprint density at radius 2 is 1.74 bits per heavy atom. The molecule has 0 atom stereocenters. The second-order valence-electron chi connectivity index (χ2n) is 3.76. The van der Waals surface area contributed by atoms with Crippen molar-refractivity contribution in [3.05, 3.63) is 53.7 Å². The lowest BCUT2D eigenvalue weighted by Gasteiger charge is -2.09. The first-order valence-corrected chi connectivity index (χ1v) is 5.41. The van der Waals surface area contributed by atoms with Crippen LogP contribution in [0, 0.1) is 0 Å². The second kappa shape index (κ2) is 5.27. The van der Waals surface area contributed by atoms with Gasteiger partial charge < -0.3 is 9.84 Å². The fourth-order valence-corrected chi connectivity index (χ4v) is 1.41. The summed E-state index contributed by atoms with van der Waals surface area (Å²) in [4.78, 5) is 3.39. The van der Waals surface area contributed by atoms with Gasteiger partial charge in [-0.1, -0.05) is 18.2 Å². The fraction of sp³-hybridized carbons (Fsp3) is 0.154. The van der Waals surface area contributed by atoms with Gasteiger partial charge in [0.25, 0.3) is 0 Å². The Hall–Kier alpha value is -2.08. The summed E-state index contributed by atoms with van der Waals surface area (Å²) in [5.41, 5.74) is -0.318. The van der Waals surface area contributed by atoms with Crippen molar-refractivity contribution in [2.75, 3.05) is 0 Å². The lowest BCUT2D eigenvalue weighted by Crippen LogP contribution is -2.07. The average molecular weight is 269 g/mol. The van der Waals surface area contributed by atoms with Crippen molar-refractivity contribution < 1.29 is 23.0 Å². The summed E-state index contributed by atoms with van der Waals surface area (Å²) in [6, 6.07) is 9.77. The van der Waals surface area contributed by atoms with Crippen molar-refractivity contribution in [3.63, 3.8) is 0 Å². The van der Waals surface area contributed by atoms with Gasteiger partial charge in [0.05, 0.1) is 6.61 Å². The number of pyridine rings is 1. The molecule has 0 amide bonds. The topological polar surface area (TPSA) is 42.4 Å². The van der Waals surface area contributed by atoms with Crippen LogP contribution >= 0.6 is 0 Å². The molecule has 0 spiro atoms. The van der Waals surface area contributed by atoms with Crippen molar-refractivity contribution in [2.45, 2.75) is 12.8 Å². The Morgan fingerprint density at radius 1 is 1.05 bits per heavy atom. The summed E-state index contributed by atoms with van der Waals surface area (Å²) in [6.07, 6.45) is -4.50. The van der Waals surface area contributed by atoms with Gasteiger partial charge in [-0.05, 0) is 23.8 Å². The van der Waals surface area contributed by atoms with Crippen LogP contribution in [0.15, 0.2) is 42.5 Å². The summed E-state index contributed by atoms with van der Waals surface area (Å²) in [5, 5.41) is 8.87. The van der Waals surface area contributed by atoms with Crippen LogP contribution in [0.1, 0.15) is 11.3 Å². The van der Waals surface area contributed by atoms with Crippen molar-refractivity contribution in [2.24, 2.45) is 0 Å². The highest BCUT2D eigenvalue weighted by atomic mass is 19.4. The van der Waals surface area contributed by atoms with Gasteiger partial charge >= 0.3 is 6.18 Å². The number of alkyl halides is 3. The van der Waals surface area contributed by atoms with Crippen LogP contribution in [0.3, 0.4) is 0 Å². The Labute approximate surface area is 107 Å². The minimum absolute atomic E-state index is 0.109. The number of nitrogens with zero attached hydrogens (tertiary/aromatic N) is 1. The predicted octanol–water partition coefficient (Wildman–Crippen LogP) is 3.39. The van der Waals surface area contributed by atoms with Crippen LogP contribution in [0.2, 0.25) is 0 Å². The van der Waals surface area contributed by atoms with Gasteiger partial charge in [0.15, 0.2) is 0 Å². The van der Waals surface area contributed by atoms with Gasteiger partial charge in [0, 0.05) is 6.07 Å². The molecule has 0 saturated carbocycles. The maximum atomic E-state index is 12.5. The first kappa shape index (κ1) is 13.4. The normalized spacial score (nSPS) is 11.4. The minimum atomic E-state index is -4.50. The first-order chi connectivity index (χ1) is 8.99. The molecule has 0 aliphatic heterocycles. The number of aliphatic hydroxyl groups is 1. The highest BCUT2D eigenvalue weighted by Gasteiger charge is 2.32. The van der Waals surface area contributed by atoms with Crippen molar-refractivity contribution in [1.29, 1.82) is 0 Å². The van der Waals surface area contributed by atoms with Gasteiger partial charge in [-0.2, -0.15) is 13.2 Å². The first-order valence-electron chi connectivity index (χ1n) is 5.41. The van der Waals surface area contributed by atoms with E-state index in [2.05, 4.69) is 4.98 Å². The number of aliphatic hydroxyl groups excluding tert-OH is 1. The molecule has 1 aromatic carbocycles. The van der Waals surface area contributed by atoms with Crippen molar-refractivity contribution >= 4 is 0 Å². The number of ether oxygens (including phenoxy) is 1. The van der Waals surface area contributed by atoms with Crippen LogP contribution in [0.25, 0.3) is 0 Å². The maximum Gasteiger partial charge on any atom is 0.433 e. The van der Waals surface area contributed by atoms with Gasteiger partial charge in [-0.3, -0.25) is 0 Å². The Kier molecular flexibility index (Phi) is 3.71. The lowest BCUT2D eigenvalue weighted by atomic mass is 10.2. The summed E-state index contributed by atoms with van der Waals surface area (Å²) < 4.78 is 42.6. The molecule has 100 valence electrons. The molecule has 0 radical (unpaired) electrons. The van der Waals surface area contributed by atoms with E-state index >= 15 is 0 Å². The summed E-state index contributed by atoms with van der Waals surface area (Å²) in [7, 11) is 0. The Morgan fingerprint density at radius 3 is 2.32 bits per heavy atom. The fourth-order valence-electron chi connectivity index (χ4n) is 1.41. The van der Waals surface area contributed by atoms with Crippen LogP contribution in [-0.2, 0) is 12.8 Å². The average Bonchev–Trinajstić information content (AvgIpc) is 2.39. The standard InChI is InChI=1S/C13H10F3NO2/c14-13(15,16)11-2-1-3-12(17-11)19-10-6-4-9(8-18)5-7-10/h1-7,18H,8H2. The molecule has 0 aliphatic carbocycles. The number of benzene rings is 1. The third-order valence-electron chi connectivity index (χ3n) is 2.34. The van der Waals surface area contributed by atoms with Gasteiger partial charge in [-0.25, -0.2) is 4.98 Å². The molecule has 2 aromatic rings. The van der Waals surface area contributed by atoms with E-state index in [1.165, 1.54) is 12.1 Å². The molecule has 3 nitrogen and oxygen atoms in total. The molecule has 0 saturated heterocycles. The van der Waals surface area contributed by atoms with E-state index in [0.29, 0.717) is 11.3 Å². The van der Waals surface area contributed by atoms with Gasteiger partial charge in [0.1, 0.15) is 11.4 Å². The van der Waals surface area contributed by atoms with E-state index in [-0.39, 0.29) is 12.5 Å². The van der Waals surface area contributed by atoms with Crippen LogP contribution in [0.5, 0.6) is 11.6 Å². The molecule has 0 bridgehead atoms. The zero-order valence-corrected chi connectivity index (χ0v) is 9.69. The quantitative estimate of drug-likeness (QED) is 0.928. The Bertz CT molecular complexity index is 553. The van der Waals surface area contributed by atoms with Crippen molar-refractivity contribution in [3.8, 4) is 11.6 Å². The summed E-state index contributed by atoms with van der Waals surface area (Å²) >= 11 is 0. The number of rotatable bonds is 3. The molecule has 0 aliphatic rings. The smallest absolute Gasteiger partial charge is 0.433 e. The van der Waals surface area contributed by atoms with E-state index in [0.717, 1.165) is 6.07 Å². The van der Waals surface area contributed by atoms with Crippen LogP contribution < -0.4 is 4.74 Å². The molecule has 2 rings (SSSR count). The third kappa shape index (κ3) is 3.45. The number of hydrogen-bond acceptors (Lipinski definition) is 3. The molecule has 6 heteroatoms. The van der Waals surface area contributed by atoms with Crippen LogP contribution in [0.4, 0.5) is 13.2 Å². The third-order valence-corrected chi connectivity index (χ3v) is 2.34. The van der Waals surface area contributed by atoms with Crippen LogP contribution in [-0.4, -0.2) is 10.1 Å².